The summed E-state index contributed by atoms with van der Waals surface area (Å²) in [5.41, 5.74) is -0.0501. The second kappa shape index (κ2) is 8.88. The van der Waals surface area contributed by atoms with Gasteiger partial charge in [0.15, 0.2) is 0 Å². The smallest absolute Gasteiger partial charge is 0.410 e. The molecule has 1 N–H and O–H groups in total. The number of carbonyl (C=O) groups is 1. The standard InChI is InChI=1S/C18H36N2O3/c1-17(2,3)9-10-19-11-14-22-15-7-12-20(13-8-15)16(21)23-18(4,5)6/h15,19H,7-14H2,1-6H3. The molecular weight excluding hydrogens is 292 g/mol. The van der Waals surface area contributed by atoms with Crippen LogP contribution in [0.4, 0.5) is 4.79 Å². The van der Waals surface area contributed by atoms with Crippen LogP contribution in [0.15, 0.2) is 0 Å². The van der Waals surface area contributed by atoms with E-state index in [2.05, 4.69) is 26.1 Å². The van der Waals surface area contributed by atoms with Crippen LogP contribution in [0.3, 0.4) is 0 Å². The van der Waals surface area contributed by atoms with Gasteiger partial charge in [0.25, 0.3) is 0 Å². The number of carbonyl (C=O) groups excluding carboxylic acids is 1. The van der Waals surface area contributed by atoms with Gasteiger partial charge in [0.2, 0.25) is 0 Å². The van der Waals surface area contributed by atoms with E-state index in [1.807, 2.05) is 20.8 Å². The van der Waals surface area contributed by atoms with E-state index in [4.69, 9.17) is 9.47 Å². The van der Waals surface area contributed by atoms with Crippen LogP contribution in [-0.4, -0.2) is 55.5 Å². The first-order valence-electron chi connectivity index (χ1n) is 8.87. The summed E-state index contributed by atoms with van der Waals surface area (Å²) >= 11 is 0. The molecule has 0 radical (unpaired) electrons. The maximum absolute atomic E-state index is 12.0. The van der Waals surface area contributed by atoms with Crippen LogP contribution in [0.2, 0.25) is 0 Å². The number of hydrogen-bond acceptors (Lipinski definition) is 4. The van der Waals surface area contributed by atoms with E-state index < -0.39 is 5.60 Å². The summed E-state index contributed by atoms with van der Waals surface area (Å²) in [6.45, 7) is 16.5. The molecular formula is C18H36N2O3. The van der Waals surface area contributed by atoms with E-state index >= 15 is 0 Å². The van der Waals surface area contributed by atoms with Gasteiger partial charge < -0.3 is 19.7 Å². The third kappa shape index (κ3) is 9.82. The largest absolute Gasteiger partial charge is 0.444 e. The van der Waals surface area contributed by atoms with Gasteiger partial charge in [-0.15, -0.1) is 0 Å². The highest BCUT2D eigenvalue weighted by atomic mass is 16.6. The number of hydrogen-bond donors (Lipinski definition) is 1. The Morgan fingerprint density at radius 3 is 2.22 bits per heavy atom. The molecule has 0 atom stereocenters. The van der Waals surface area contributed by atoms with Crippen molar-refractivity contribution in [1.29, 1.82) is 0 Å². The molecule has 1 rings (SSSR count). The molecule has 1 amide bonds. The summed E-state index contributed by atoms with van der Waals surface area (Å²) in [5, 5.41) is 3.42. The second-order valence-corrected chi connectivity index (χ2v) is 8.60. The lowest BCUT2D eigenvalue weighted by atomic mass is 9.92. The predicted octanol–water partition coefficient (Wildman–Crippen LogP) is 3.43. The summed E-state index contributed by atoms with van der Waals surface area (Å²) in [5.74, 6) is 0. The van der Waals surface area contributed by atoms with Gasteiger partial charge in [-0.2, -0.15) is 0 Å². The van der Waals surface area contributed by atoms with Crippen LogP contribution in [0.5, 0.6) is 0 Å². The van der Waals surface area contributed by atoms with Crippen molar-refractivity contribution in [3.8, 4) is 0 Å². The number of ether oxygens (including phenoxy) is 2. The number of likely N-dealkylation sites (tertiary alicyclic amines) is 1. The number of amides is 1. The van der Waals surface area contributed by atoms with Crippen LogP contribution < -0.4 is 5.32 Å². The molecule has 5 heteroatoms. The minimum Gasteiger partial charge on any atom is -0.444 e. The Bertz CT molecular complexity index is 350. The van der Waals surface area contributed by atoms with Gasteiger partial charge in [0.05, 0.1) is 12.7 Å². The summed E-state index contributed by atoms with van der Waals surface area (Å²) in [6, 6.07) is 0. The minimum atomic E-state index is -0.427. The zero-order valence-electron chi connectivity index (χ0n) is 15.9. The zero-order chi connectivity index (χ0) is 17.5. The highest BCUT2D eigenvalue weighted by molar-refractivity contribution is 5.68. The van der Waals surface area contributed by atoms with Gasteiger partial charge in [-0.1, -0.05) is 20.8 Å². The Morgan fingerprint density at radius 2 is 1.70 bits per heavy atom. The maximum Gasteiger partial charge on any atom is 0.410 e. The maximum atomic E-state index is 12.0. The van der Waals surface area contributed by atoms with E-state index in [1.165, 1.54) is 6.42 Å². The molecule has 0 bridgehead atoms. The summed E-state index contributed by atoms with van der Waals surface area (Å²) in [4.78, 5) is 13.8. The Balaban J connectivity index is 2.09. The fourth-order valence-electron chi connectivity index (χ4n) is 2.42. The van der Waals surface area contributed by atoms with Gasteiger partial charge in [-0.3, -0.25) is 0 Å². The fraction of sp³-hybridized carbons (Fsp3) is 0.944. The quantitative estimate of drug-likeness (QED) is 0.759. The molecule has 1 fully saturated rings. The first-order valence-corrected chi connectivity index (χ1v) is 8.87. The summed E-state index contributed by atoms with van der Waals surface area (Å²) < 4.78 is 11.3. The topological polar surface area (TPSA) is 50.8 Å². The molecule has 1 aliphatic rings. The van der Waals surface area contributed by atoms with Gasteiger partial charge in [-0.25, -0.2) is 4.79 Å². The Morgan fingerprint density at radius 1 is 1.09 bits per heavy atom. The zero-order valence-corrected chi connectivity index (χ0v) is 15.9. The van der Waals surface area contributed by atoms with Gasteiger partial charge in [-0.05, 0) is 52.0 Å². The minimum absolute atomic E-state index is 0.209. The molecule has 0 aromatic carbocycles. The lowest BCUT2D eigenvalue weighted by molar-refractivity contribution is -0.0105. The molecule has 0 spiro atoms. The van der Waals surface area contributed by atoms with E-state index in [1.54, 1.807) is 4.90 Å². The molecule has 5 nitrogen and oxygen atoms in total. The average Bonchev–Trinajstić information content (AvgIpc) is 2.40. The monoisotopic (exact) mass is 328 g/mol. The Kier molecular flexibility index (Phi) is 7.81. The highest BCUT2D eigenvalue weighted by Crippen LogP contribution is 2.18. The van der Waals surface area contributed by atoms with Gasteiger partial charge in [0.1, 0.15) is 5.60 Å². The molecule has 0 saturated carbocycles. The molecule has 0 unspecified atom stereocenters. The lowest BCUT2D eigenvalue weighted by Crippen LogP contribution is -2.43. The number of piperidine rings is 1. The van der Waals surface area contributed by atoms with Crippen LogP contribution in [0, 0.1) is 5.41 Å². The third-order valence-corrected chi connectivity index (χ3v) is 3.78. The molecule has 1 heterocycles. The molecule has 0 aromatic heterocycles. The van der Waals surface area contributed by atoms with Crippen molar-refractivity contribution in [2.24, 2.45) is 5.41 Å². The van der Waals surface area contributed by atoms with Gasteiger partial charge >= 0.3 is 6.09 Å². The van der Waals surface area contributed by atoms with Crippen LogP contribution in [-0.2, 0) is 9.47 Å². The number of nitrogens with one attached hydrogen (secondary N) is 1. The van der Waals surface area contributed by atoms with Crippen LogP contribution in [0.25, 0.3) is 0 Å². The van der Waals surface area contributed by atoms with E-state index in [0.717, 1.165) is 45.6 Å². The molecule has 0 aliphatic carbocycles. The predicted molar refractivity (Wildman–Crippen MR) is 93.7 cm³/mol. The molecule has 136 valence electrons. The number of rotatable bonds is 6. The Labute approximate surface area is 142 Å². The lowest BCUT2D eigenvalue weighted by Gasteiger charge is -2.33. The van der Waals surface area contributed by atoms with E-state index in [9.17, 15) is 4.79 Å². The van der Waals surface area contributed by atoms with Crippen molar-refractivity contribution in [3.63, 3.8) is 0 Å². The first-order chi connectivity index (χ1) is 10.6. The van der Waals surface area contributed by atoms with Crippen molar-refractivity contribution in [2.45, 2.75) is 72.5 Å². The highest BCUT2D eigenvalue weighted by Gasteiger charge is 2.26. The second-order valence-electron chi connectivity index (χ2n) is 8.60. The summed E-state index contributed by atoms with van der Waals surface area (Å²) in [6.07, 6.45) is 3.00. The number of nitrogens with zero attached hydrogens (tertiary/aromatic N) is 1. The van der Waals surface area contributed by atoms with E-state index in [-0.39, 0.29) is 12.2 Å². The third-order valence-electron chi connectivity index (χ3n) is 3.78. The van der Waals surface area contributed by atoms with Crippen molar-refractivity contribution in [3.05, 3.63) is 0 Å². The normalized spacial score (nSPS) is 17.4. The first kappa shape index (κ1) is 20.2. The van der Waals surface area contributed by atoms with Crippen LogP contribution >= 0.6 is 0 Å². The van der Waals surface area contributed by atoms with Crippen molar-refractivity contribution < 1.29 is 14.3 Å². The van der Waals surface area contributed by atoms with Crippen LogP contribution in [0.1, 0.15) is 60.8 Å². The van der Waals surface area contributed by atoms with Gasteiger partial charge in [0, 0.05) is 19.6 Å². The van der Waals surface area contributed by atoms with Crippen molar-refractivity contribution in [2.75, 3.05) is 32.8 Å². The SMILES string of the molecule is CC(C)(C)CCNCCOC1CCN(C(=O)OC(C)(C)C)CC1. The van der Waals surface area contributed by atoms with Crippen molar-refractivity contribution in [1.82, 2.24) is 10.2 Å². The average molecular weight is 328 g/mol. The fourth-order valence-corrected chi connectivity index (χ4v) is 2.42. The Hall–Kier alpha value is -0.810. The summed E-state index contributed by atoms with van der Waals surface area (Å²) in [7, 11) is 0. The molecule has 1 saturated heterocycles. The molecule has 0 aromatic rings. The molecule has 23 heavy (non-hydrogen) atoms. The van der Waals surface area contributed by atoms with E-state index in [0.29, 0.717) is 5.41 Å². The molecule has 1 aliphatic heterocycles. The van der Waals surface area contributed by atoms with Crippen molar-refractivity contribution >= 4 is 6.09 Å².